The predicted molar refractivity (Wildman–Crippen MR) is 85.9 cm³/mol. The smallest absolute Gasteiger partial charge is 0.263 e. The van der Waals surface area contributed by atoms with Gasteiger partial charge in [-0.05, 0) is 31.2 Å². The van der Waals surface area contributed by atoms with Gasteiger partial charge in [0, 0.05) is 17.7 Å². The van der Waals surface area contributed by atoms with E-state index in [-0.39, 0.29) is 5.91 Å². The molecule has 0 aliphatic rings. The van der Waals surface area contributed by atoms with Crippen molar-refractivity contribution in [2.45, 2.75) is 19.3 Å². The van der Waals surface area contributed by atoms with Gasteiger partial charge in [0.15, 0.2) is 12.3 Å². The molecule has 2 aromatic carbocycles. The zero-order valence-corrected chi connectivity index (χ0v) is 13.2. The van der Waals surface area contributed by atoms with Crippen molar-refractivity contribution in [2.75, 3.05) is 7.11 Å². The third kappa shape index (κ3) is 4.48. The lowest BCUT2D eigenvalue weighted by Crippen LogP contribution is -2.39. The highest BCUT2D eigenvalue weighted by atomic mass is 35.5. The average Bonchev–Trinajstić information content (AvgIpc) is 2.55. The lowest BCUT2D eigenvalue weighted by Gasteiger charge is -2.20. The summed E-state index contributed by atoms with van der Waals surface area (Å²) in [5, 5.41) is 3.42. The molecule has 0 heterocycles. The molecule has 22 heavy (non-hydrogen) atoms. The molecule has 0 spiro atoms. The van der Waals surface area contributed by atoms with Crippen LogP contribution in [0.3, 0.4) is 0 Å². The Hall–Kier alpha value is -2.04. The Labute approximate surface area is 135 Å². The van der Waals surface area contributed by atoms with Crippen molar-refractivity contribution in [2.24, 2.45) is 0 Å². The molecule has 4 nitrogen and oxygen atoms in total. The summed E-state index contributed by atoms with van der Waals surface area (Å²) in [6, 6.07) is 16.3. The molecule has 2 aromatic rings. The second-order valence-corrected chi connectivity index (χ2v) is 5.19. The van der Waals surface area contributed by atoms with Crippen molar-refractivity contribution in [1.29, 1.82) is 0 Å². The zero-order chi connectivity index (χ0) is 15.9. The highest BCUT2D eigenvalue weighted by molar-refractivity contribution is 6.30. The van der Waals surface area contributed by atoms with Crippen LogP contribution in [0, 0.1) is 0 Å². The van der Waals surface area contributed by atoms with Gasteiger partial charge in [0.05, 0.1) is 0 Å². The fraction of sp³-hybridized carbons (Fsp3) is 0.235. The molecule has 5 heteroatoms. The van der Waals surface area contributed by atoms with Crippen LogP contribution in [0.15, 0.2) is 54.6 Å². The minimum Gasteiger partial charge on any atom is -0.481 e. The summed E-state index contributed by atoms with van der Waals surface area (Å²) in [6.07, 6.45) is -1.16. The van der Waals surface area contributed by atoms with Gasteiger partial charge in [-0.25, -0.2) is 0 Å². The molecule has 2 rings (SSSR count). The summed E-state index contributed by atoms with van der Waals surface area (Å²) >= 11 is 5.81. The molecule has 1 N–H and O–H groups in total. The van der Waals surface area contributed by atoms with Gasteiger partial charge in [-0.1, -0.05) is 41.9 Å². The Morgan fingerprint density at radius 2 is 1.73 bits per heavy atom. The molecule has 2 unspecified atom stereocenters. The molecule has 0 fully saturated rings. The summed E-state index contributed by atoms with van der Waals surface area (Å²) in [4.78, 5) is 12.2. The number of hydrogen-bond acceptors (Lipinski definition) is 3. The summed E-state index contributed by atoms with van der Waals surface area (Å²) in [5.74, 6) is 0.325. The molecule has 116 valence electrons. The molecule has 2 atom stereocenters. The Balaban J connectivity index is 1.96. The summed E-state index contributed by atoms with van der Waals surface area (Å²) in [6.45, 7) is 1.68. The van der Waals surface area contributed by atoms with E-state index in [0.717, 1.165) is 5.56 Å². The van der Waals surface area contributed by atoms with Gasteiger partial charge in [-0.15, -0.1) is 0 Å². The topological polar surface area (TPSA) is 47.6 Å². The Morgan fingerprint density at radius 3 is 2.32 bits per heavy atom. The van der Waals surface area contributed by atoms with Crippen molar-refractivity contribution >= 4 is 17.5 Å². The number of carbonyl (C=O) groups is 1. The third-order valence-corrected chi connectivity index (χ3v) is 3.36. The maximum absolute atomic E-state index is 12.2. The van der Waals surface area contributed by atoms with Gasteiger partial charge in [-0.3, -0.25) is 4.79 Å². The molecule has 1 amide bonds. The van der Waals surface area contributed by atoms with Crippen LogP contribution in [0.25, 0.3) is 0 Å². The van der Waals surface area contributed by atoms with Gasteiger partial charge in [0.25, 0.3) is 5.91 Å². The van der Waals surface area contributed by atoms with E-state index in [1.807, 2.05) is 30.3 Å². The maximum atomic E-state index is 12.2. The van der Waals surface area contributed by atoms with Gasteiger partial charge < -0.3 is 14.8 Å². The van der Waals surface area contributed by atoms with Gasteiger partial charge in [0.2, 0.25) is 0 Å². The number of methoxy groups -OCH3 is 1. The average molecular weight is 320 g/mol. The first-order valence-corrected chi connectivity index (χ1v) is 7.28. The first-order chi connectivity index (χ1) is 10.6. The second kappa shape index (κ2) is 7.82. The number of ether oxygens (including phenoxy) is 2. The minimum absolute atomic E-state index is 0.259. The number of amides is 1. The Morgan fingerprint density at radius 1 is 1.09 bits per heavy atom. The van der Waals surface area contributed by atoms with Crippen molar-refractivity contribution in [3.8, 4) is 5.75 Å². The molecule has 0 radical (unpaired) electrons. The second-order valence-electron chi connectivity index (χ2n) is 4.75. The zero-order valence-electron chi connectivity index (χ0n) is 12.5. The molecule has 0 aliphatic heterocycles. The van der Waals surface area contributed by atoms with Crippen molar-refractivity contribution in [3.05, 3.63) is 65.2 Å². The molecule has 0 aliphatic carbocycles. The van der Waals surface area contributed by atoms with Gasteiger partial charge >= 0.3 is 0 Å². The summed E-state index contributed by atoms with van der Waals surface area (Å²) in [5.41, 5.74) is 0.872. The van der Waals surface area contributed by atoms with Crippen LogP contribution < -0.4 is 10.1 Å². The fourth-order valence-electron chi connectivity index (χ4n) is 1.92. The lowest BCUT2D eigenvalue weighted by atomic mass is 10.2. The maximum Gasteiger partial charge on any atom is 0.263 e. The van der Waals surface area contributed by atoms with E-state index in [2.05, 4.69) is 5.32 Å². The standard InChI is InChI=1S/C17H18ClNO3/c1-12(22-15-10-8-14(18)9-11-15)16(20)19-17(21-2)13-6-4-3-5-7-13/h3-12,17H,1-2H3,(H,19,20). The van der Waals surface area contributed by atoms with E-state index < -0.39 is 12.3 Å². The predicted octanol–water partition coefficient (Wildman–Crippen LogP) is 3.57. The van der Waals surface area contributed by atoms with E-state index in [0.29, 0.717) is 10.8 Å². The Bertz CT molecular complexity index is 601. The molecular weight excluding hydrogens is 302 g/mol. The monoisotopic (exact) mass is 319 g/mol. The minimum atomic E-state index is -0.650. The normalized spacial score (nSPS) is 13.2. The first-order valence-electron chi connectivity index (χ1n) is 6.90. The van der Waals surface area contributed by atoms with Crippen LogP contribution in [0.1, 0.15) is 18.7 Å². The number of benzene rings is 2. The third-order valence-electron chi connectivity index (χ3n) is 3.11. The van der Waals surface area contributed by atoms with E-state index >= 15 is 0 Å². The quantitative estimate of drug-likeness (QED) is 0.828. The van der Waals surface area contributed by atoms with Crippen LogP contribution >= 0.6 is 11.6 Å². The van der Waals surface area contributed by atoms with Crippen molar-refractivity contribution in [3.63, 3.8) is 0 Å². The molecular formula is C17H18ClNO3. The van der Waals surface area contributed by atoms with E-state index in [9.17, 15) is 4.79 Å². The van der Waals surface area contributed by atoms with Crippen molar-refractivity contribution < 1.29 is 14.3 Å². The fourth-order valence-corrected chi connectivity index (χ4v) is 2.05. The van der Waals surface area contributed by atoms with Crippen LogP contribution in [0.5, 0.6) is 5.75 Å². The largest absolute Gasteiger partial charge is 0.481 e. The molecule has 0 saturated heterocycles. The van der Waals surface area contributed by atoms with Crippen molar-refractivity contribution in [1.82, 2.24) is 5.32 Å². The van der Waals surface area contributed by atoms with Crippen LogP contribution in [0.2, 0.25) is 5.02 Å². The van der Waals surface area contributed by atoms with E-state index in [1.165, 1.54) is 0 Å². The van der Waals surface area contributed by atoms with Gasteiger partial charge in [0.1, 0.15) is 5.75 Å². The highest BCUT2D eigenvalue weighted by Gasteiger charge is 2.19. The van der Waals surface area contributed by atoms with Crippen LogP contribution in [-0.4, -0.2) is 19.1 Å². The van der Waals surface area contributed by atoms with Crippen LogP contribution in [0.4, 0.5) is 0 Å². The summed E-state index contributed by atoms with van der Waals surface area (Å²) in [7, 11) is 1.54. The number of nitrogens with one attached hydrogen (secondary N) is 1. The number of hydrogen-bond donors (Lipinski definition) is 1. The SMILES string of the molecule is COC(NC(=O)C(C)Oc1ccc(Cl)cc1)c1ccccc1. The molecule has 0 saturated carbocycles. The van der Waals surface area contributed by atoms with E-state index in [4.69, 9.17) is 21.1 Å². The van der Waals surface area contributed by atoms with Crippen LogP contribution in [-0.2, 0) is 9.53 Å². The Kier molecular flexibility index (Phi) is 5.81. The molecule has 0 aromatic heterocycles. The molecule has 0 bridgehead atoms. The first kappa shape index (κ1) is 16.3. The lowest BCUT2D eigenvalue weighted by molar-refractivity contribution is -0.131. The van der Waals surface area contributed by atoms with E-state index in [1.54, 1.807) is 38.3 Å². The number of rotatable bonds is 6. The summed E-state index contributed by atoms with van der Waals surface area (Å²) < 4.78 is 10.9. The number of carbonyl (C=O) groups excluding carboxylic acids is 1. The number of halogens is 1. The highest BCUT2D eigenvalue weighted by Crippen LogP contribution is 2.18. The van der Waals surface area contributed by atoms with Gasteiger partial charge in [-0.2, -0.15) is 0 Å².